The Labute approximate surface area is 197 Å². The van der Waals surface area contributed by atoms with Crippen molar-refractivity contribution in [2.45, 2.75) is 84.8 Å². The Balaban J connectivity index is 0.000000396. The Kier molecular flexibility index (Phi) is 12.2. The molecule has 2 aromatic rings. The number of rotatable bonds is 11. The van der Waals surface area contributed by atoms with Crippen LogP contribution in [0.4, 0.5) is 0 Å². The summed E-state index contributed by atoms with van der Waals surface area (Å²) in [5.41, 5.74) is 0.0479. The average molecular weight is 464 g/mol. The van der Waals surface area contributed by atoms with Gasteiger partial charge in [-0.15, -0.1) is 0 Å². The molecule has 1 aromatic carbocycles. The van der Waals surface area contributed by atoms with E-state index in [9.17, 15) is 9.90 Å². The zero-order valence-corrected chi connectivity index (χ0v) is 20.6. The highest BCUT2D eigenvalue weighted by molar-refractivity contribution is 6.30. The molecule has 0 saturated carbocycles. The van der Waals surface area contributed by atoms with Gasteiger partial charge in [-0.1, -0.05) is 76.4 Å². The second-order valence-corrected chi connectivity index (χ2v) is 9.50. The molecule has 0 radical (unpaired) electrons. The van der Waals surface area contributed by atoms with E-state index in [0.717, 1.165) is 17.9 Å². The number of carboxylic acids is 1. The predicted octanol–water partition coefficient (Wildman–Crippen LogP) is 5.94. The molecule has 1 atom stereocenters. The maximum atomic E-state index is 11.1. The number of aliphatic hydroxyl groups is 1. The third-order valence-electron chi connectivity index (χ3n) is 5.46. The molecule has 0 amide bonds. The van der Waals surface area contributed by atoms with E-state index >= 15 is 0 Å². The topological polar surface area (TPSA) is 88.2 Å². The zero-order valence-electron chi connectivity index (χ0n) is 19.8. The second kappa shape index (κ2) is 14.1. The predicted molar refractivity (Wildman–Crippen MR) is 130 cm³/mol. The summed E-state index contributed by atoms with van der Waals surface area (Å²) in [5, 5.41) is 24.2. The molecular weight excluding hydrogens is 426 g/mol. The van der Waals surface area contributed by atoms with Crippen LogP contribution < -0.4 is 0 Å². The quantitative estimate of drug-likeness (QED) is 0.318. The van der Waals surface area contributed by atoms with Crippen LogP contribution in [0.3, 0.4) is 0 Å². The standard InChI is InChI=1S/C16H22ClN3O.C9H16O2/c1-15(2,3)16(21,10-20-12-18-11-19-20)9-8-13-4-6-14(17)7-5-13;1-2-3-4-5-6-7-8-9(10)11/h4-7,11-12,21H,8-10H2,1-3H3;6-7H,2-5,8H2,1H3,(H,10,11). The molecule has 0 saturated heterocycles. The van der Waals surface area contributed by atoms with Gasteiger partial charge in [0.25, 0.3) is 0 Å². The first-order chi connectivity index (χ1) is 15.1. The van der Waals surface area contributed by atoms with Crippen LogP contribution in [0, 0.1) is 5.41 Å². The molecule has 178 valence electrons. The summed E-state index contributed by atoms with van der Waals surface area (Å²) in [6, 6.07) is 7.76. The summed E-state index contributed by atoms with van der Waals surface area (Å²) >= 11 is 5.90. The summed E-state index contributed by atoms with van der Waals surface area (Å²) in [4.78, 5) is 14.0. The molecule has 2 N–H and O–H groups in total. The Morgan fingerprint density at radius 1 is 1.16 bits per heavy atom. The number of nitrogens with zero attached hydrogens (tertiary/aromatic N) is 3. The first kappa shape index (κ1) is 27.9. The number of carboxylic acid groups (broad SMARTS) is 1. The number of unbranched alkanes of at least 4 members (excludes halogenated alkanes) is 3. The van der Waals surface area contributed by atoms with E-state index in [1.807, 2.05) is 51.1 Å². The lowest BCUT2D eigenvalue weighted by Crippen LogP contribution is -2.47. The molecule has 6 nitrogen and oxygen atoms in total. The molecule has 2 rings (SSSR count). The summed E-state index contributed by atoms with van der Waals surface area (Å²) < 4.78 is 1.69. The van der Waals surface area contributed by atoms with Gasteiger partial charge in [0.05, 0.1) is 18.6 Å². The third kappa shape index (κ3) is 10.9. The SMILES string of the molecule is CC(C)(C)C(O)(CCc1ccc(Cl)cc1)Cn1cncn1.CCCCCC=CCC(=O)O. The van der Waals surface area contributed by atoms with E-state index in [0.29, 0.717) is 13.0 Å². The van der Waals surface area contributed by atoms with E-state index in [1.165, 1.54) is 31.2 Å². The summed E-state index contributed by atoms with van der Waals surface area (Å²) in [6.07, 6.45) is 13.0. The summed E-state index contributed by atoms with van der Waals surface area (Å²) in [6.45, 7) is 8.73. The first-order valence-corrected chi connectivity index (χ1v) is 11.6. The molecule has 1 heterocycles. The molecule has 32 heavy (non-hydrogen) atoms. The van der Waals surface area contributed by atoms with Crippen LogP contribution in [0.5, 0.6) is 0 Å². The van der Waals surface area contributed by atoms with Crippen molar-refractivity contribution in [3.8, 4) is 0 Å². The van der Waals surface area contributed by atoms with Gasteiger partial charge >= 0.3 is 5.97 Å². The number of aryl methyl sites for hydroxylation is 1. The molecular formula is C25H38ClN3O3. The fraction of sp³-hybridized carbons (Fsp3) is 0.560. The van der Waals surface area contributed by atoms with Gasteiger partial charge in [0.1, 0.15) is 12.7 Å². The van der Waals surface area contributed by atoms with Crippen LogP contribution in [0.15, 0.2) is 49.1 Å². The van der Waals surface area contributed by atoms with Crippen molar-refractivity contribution in [3.05, 3.63) is 59.7 Å². The molecule has 1 unspecified atom stereocenters. The van der Waals surface area contributed by atoms with Crippen molar-refractivity contribution in [2.75, 3.05) is 0 Å². The molecule has 0 bridgehead atoms. The molecule has 0 spiro atoms. The zero-order chi connectivity index (χ0) is 24.0. The number of benzene rings is 1. The highest BCUT2D eigenvalue weighted by Crippen LogP contribution is 2.35. The number of hydrogen-bond acceptors (Lipinski definition) is 4. The Morgan fingerprint density at radius 2 is 1.84 bits per heavy atom. The fourth-order valence-electron chi connectivity index (χ4n) is 3.09. The van der Waals surface area contributed by atoms with Crippen molar-refractivity contribution >= 4 is 17.6 Å². The number of halogens is 1. The van der Waals surface area contributed by atoms with Gasteiger partial charge in [0.2, 0.25) is 0 Å². The van der Waals surface area contributed by atoms with Crippen molar-refractivity contribution in [2.24, 2.45) is 5.41 Å². The fourth-order valence-corrected chi connectivity index (χ4v) is 3.22. The Hall–Kier alpha value is -2.18. The van der Waals surface area contributed by atoms with Gasteiger partial charge in [-0.2, -0.15) is 5.10 Å². The Bertz CT molecular complexity index is 799. The van der Waals surface area contributed by atoms with Crippen LogP contribution in [0.25, 0.3) is 0 Å². The summed E-state index contributed by atoms with van der Waals surface area (Å²) in [5.74, 6) is -0.753. The molecule has 1 aromatic heterocycles. The normalized spacial score (nSPS) is 13.4. The number of aromatic nitrogens is 3. The smallest absolute Gasteiger partial charge is 0.307 e. The molecule has 0 fully saturated rings. The molecule has 0 aliphatic heterocycles. The maximum Gasteiger partial charge on any atom is 0.307 e. The van der Waals surface area contributed by atoms with Crippen LogP contribution in [0.1, 0.15) is 71.8 Å². The number of allylic oxidation sites excluding steroid dienone is 1. The monoisotopic (exact) mass is 463 g/mol. The minimum atomic E-state index is -0.861. The lowest BCUT2D eigenvalue weighted by atomic mass is 9.73. The third-order valence-corrected chi connectivity index (χ3v) is 5.71. The largest absolute Gasteiger partial charge is 0.481 e. The van der Waals surface area contributed by atoms with E-state index in [2.05, 4.69) is 17.0 Å². The number of hydrogen-bond donors (Lipinski definition) is 2. The average Bonchev–Trinajstić information content (AvgIpc) is 3.22. The van der Waals surface area contributed by atoms with Crippen molar-refractivity contribution < 1.29 is 15.0 Å². The van der Waals surface area contributed by atoms with Crippen molar-refractivity contribution in [3.63, 3.8) is 0 Å². The molecule has 7 heteroatoms. The lowest BCUT2D eigenvalue weighted by Gasteiger charge is -2.40. The maximum absolute atomic E-state index is 11.1. The van der Waals surface area contributed by atoms with Gasteiger partial charge in [-0.05, 0) is 48.8 Å². The number of aliphatic carboxylic acids is 1. The summed E-state index contributed by atoms with van der Waals surface area (Å²) in [7, 11) is 0. The van der Waals surface area contributed by atoms with Gasteiger partial charge in [0, 0.05) is 5.02 Å². The molecule has 0 aliphatic carbocycles. The highest BCUT2D eigenvalue weighted by atomic mass is 35.5. The number of carbonyl (C=O) groups is 1. The lowest BCUT2D eigenvalue weighted by molar-refractivity contribution is -0.136. The Morgan fingerprint density at radius 3 is 2.38 bits per heavy atom. The van der Waals surface area contributed by atoms with Crippen molar-refractivity contribution in [1.29, 1.82) is 0 Å². The van der Waals surface area contributed by atoms with Crippen LogP contribution >= 0.6 is 11.6 Å². The molecule has 0 aliphatic rings. The minimum Gasteiger partial charge on any atom is -0.481 e. The second-order valence-electron chi connectivity index (χ2n) is 9.07. The van der Waals surface area contributed by atoms with E-state index in [-0.39, 0.29) is 11.8 Å². The van der Waals surface area contributed by atoms with Gasteiger partial charge < -0.3 is 10.2 Å². The van der Waals surface area contributed by atoms with Gasteiger partial charge in [-0.3, -0.25) is 9.48 Å². The van der Waals surface area contributed by atoms with E-state index in [1.54, 1.807) is 17.1 Å². The van der Waals surface area contributed by atoms with E-state index in [4.69, 9.17) is 16.7 Å². The van der Waals surface area contributed by atoms with Crippen LogP contribution in [-0.4, -0.2) is 36.5 Å². The minimum absolute atomic E-state index is 0.159. The van der Waals surface area contributed by atoms with Crippen LogP contribution in [-0.2, 0) is 17.8 Å². The van der Waals surface area contributed by atoms with Gasteiger partial charge in [-0.25, -0.2) is 4.98 Å². The highest BCUT2D eigenvalue weighted by Gasteiger charge is 2.40. The van der Waals surface area contributed by atoms with Gasteiger partial charge in [0.15, 0.2) is 0 Å². The van der Waals surface area contributed by atoms with Crippen molar-refractivity contribution in [1.82, 2.24) is 14.8 Å². The first-order valence-electron chi connectivity index (χ1n) is 11.2. The van der Waals surface area contributed by atoms with E-state index < -0.39 is 11.6 Å². The van der Waals surface area contributed by atoms with Crippen LogP contribution in [0.2, 0.25) is 5.02 Å².